The van der Waals surface area contributed by atoms with Crippen LogP contribution in [0.1, 0.15) is 22.3 Å². The lowest BCUT2D eigenvalue weighted by molar-refractivity contribution is 0.768. The maximum absolute atomic E-state index is 2.52. The molecule has 10 aromatic rings. The largest absolute Gasteiger partial charge is 0.309 e. The van der Waals surface area contributed by atoms with Gasteiger partial charge in [-0.15, -0.1) is 11.3 Å². The second-order valence-corrected chi connectivity index (χ2v) is 15.8. The maximum Gasteiger partial charge on any atom is 0.0713 e. The van der Waals surface area contributed by atoms with Crippen LogP contribution in [0, 0.1) is 0 Å². The van der Waals surface area contributed by atoms with E-state index in [1.54, 1.807) is 0 Å². The summed E-state index contributed by atoms with van der Waals surface area (Å²) in [6, 6.07) is 74.4. The molecule has 0 saturated carbocycles. The van der Waals surface area contributed by atoms with Crippen molar-refractivity contribution in [2.75, 3.05) is 4.90 Å². The molecule has 0 N–H and O–H groups in total. The monoisotopic (exact) mass is 715 g/mol. The smallest absolute Gasteiger partial charge is 0.0713 e. The van der Waals surface area contributed by atoms with Crippen molar-refractivity contribution >= 4 is 59.3 Å². The Morgan fingerprint density at radius 1 is 0.382 bits per heavy atom. The van der Waals surface area contributed by atoms with Gasteiger partial charge in [0.2, 0.25) is 0 Å². The summed E-state index contributed by atoms with van der Waals surface area (Å²) in [5, 5.41) is 5.19. The second-order valence-electron chi connectivity index (χ2n) is 14.8. The van der Waals surface area contributed by atoms with Crippen LogP contribution in [0.25, 0.3) is 64.3 Å². The van der Waals surface area contributed by atoms with E-state index < -0.39 is 5.41 Å². The highest BCUT2D eigenvalue weighted by molar-refractivity contribution is 7.26. The number of benzene rings is 9. The van der Waals surface area contributed by atoms with Crippen molar-refractivity contribution in [2.45, 2.75) is 5.41 Å². The van der Waals surface area contributed by atoms with Crippen LogP contribution in [-0.4, -0.2) is 0 Å². The first kappa shape index (κ1) is 30.7. The molecule has 55 heavy (non-hydrogen) atoms. The summed E-state index contributed by atoms with van der Waals surface area (Å²) in [6.07, 6.45) is 0. The average Bonchev–Trinajstić information content (AvgIpc) is 3.79. The molecular formula is C53H33NS. The normalized spacial score (nSPS) is 13.6. The second kappa shape index (κ2) is 11.6. The molecule has 1 aliphatic carbocycles. The highest BCUT2D eigenvalue weighted by Gasteiger charge is 2.46. The van der Waals surface area contributed by atoms with Gasteiger partial charge in [0.25, 0.3) is 0 Å². The molecule has 9 aromatic carbocycles. The lowest BCUT2D eigenvalue weighted by Crippen LogP contribution is -2.28. The summed E-state index contributed by atoms with van der Waals surface area (Å²) in [5.74, 6) is 0. The van der Waals surface area contributed by atoms with Crippen molar-refractivity contribution in [3.8, 4) is 33.4 Å². The molecule has 0 saturated heterocycles. The Hall–Kier alpha value is -6.74. The number of nitrogens with zero attached hydrogens (tertiary/aromatic N) is 1. The number of thiophene rings is 1. The molecule has 12 rings (SSSR count). The summed E-state index contributed by atoms with van der Waals surface area (Å²) >= 11 is 1.88. The lowest BCUT2D eigenvalue weighted by atomic mass is 9.67. The molecule has 2 heteroatoms. The van der Waals surface area contributed by atoms with Crippen LogP contribution in [0.5, 0.6) is 0 Å². The van der Waals surface area contributed by atoms with Gasteiger partial charge in [-0.05, 0) is 91.9 Å². The van der Waals surface area contributed by atoms with Crippen LogP contribution >= 0.6 is 11.3 Å². The molecule has 0 spiro atoms. The standard InChI is InChI=1S/C53H33NS/c1-4-15-35(16-5-1)53(36-17-6-2-7-18-36)45-24-12-10-21-39(45)44-33-34(27-31-46(44)53)38-28-29-41-42-30-32-49-51(43-22-11-13-26-48(43)55-49)52(42)54(37-19-8-3-9-20-37)47-25-14-23-40(38)50(41)47/h1-33H. The molecular weight excluding hydrogens is 683 g/mol. The van der Waals surface area contributed by atoms with Gasteiger partial charge in [0.15, 0.2) is 0 Å². The van der Waals surface area contributed by atoms with Crippen LogP contribution in [0.15, 0.2) is 200 Å². The number of rotatable bonds is 4. The van der Waals surface area contributed by atoms with Gasteiger partial charge in [-0.25, -0.2) is 0 Å². The zero-order valence-corrected chi connectivity index (χ0v) is 30.7. The molecule has 1 nitrogen and oxygen atoms in total. The zero-order chi connectivity index (χ0) is 36.1. The molecule has 1 aliphatic heterocycles. The van der Waals surface area contributed by atoms with Crippen LogP contribution in [0.2, 0.25) is 0 Å². The summed E-state index contributed by atoms with van der Waals surface area (Å²) in [7, 11) is 0. The van der Waals surface area contributed by atoms with Crippen molar-refractivity contribution in [2.24, 2.45) is 0 Å². The zero-order valence-electron chi connectivity index (χ0n) is 29.9. The Bertz CT molecular complexity index is 3100. The molecule has 0 atom stereocenters. The van der Waals surface area contributed by atoms with Crippen LogP contribution < -0.4 is 4.90 Å². The fourth-order valence-electron chi connectivity index (χ4n) is 9.88. The summed E-state index contributed by atoms with van der Waals surface area (Å²) in [5.41, 5.74) is 16.1. The summed E-state index contributed by atoms with van der Waals surface area (Å²) in [6.45, 7) is 0. The summed E-state index contributed by atoms with van der Waals surface area (Å²) in [4.78, 5) is 2.52. The van der Waals surface area contributed by atoms with Crippen molar-refractivity contribution < 1.29 is 0 Å². The van der Waals surface area contributed by atoms with E-state index in [1.165, 1.54) is 104 Å². The average molecular weight is 716 g/mol. The van der Waals surface area contributed by atoms with Crippen LogP contribution in [0.4, 0.5) is 17.1 Å². The summed E-state index contributed by atoms with van der Waals surface area (Å²) < 4.78 is 2.63. The topological polar surface area (TPSA) is 3.24 Å². The van der Waals surface area contributed by atoms with Gasteiger partial charge in [0.1, 0.15) is 0 Å². The quantitative estimate of drug-likeness (QED) is 0.175. The van der Waals surface area contributed by atoms with E-state index in [4.69, 9.17) is 0 Å². The Morgan fingerprint density at radius 2 is 1.02 bits per heavy atom. The van der Waals surface area contributed by atoms with E-state index >= 15 is 0 Å². The minimum atomic E-state index is -0.413. The highest BCUT2D eigenvalue weighted by atomic mass is 32.1. The third-order valence-electron chi connectivity index (χ3n) is 12.1. The first-order valence-electron chi connectivity index (χ1n) is 19.0. The molecule has 0 fully saturated rings. The minimum Gasteiger partial charge on any atom is -0.309 e. The van der Waals surface area contributed by atoms with E-state index in [-0.39, 0.29) is 0 Å². The number of para-hydroxylation sites is 1. The van der Waals surface area contributed by atoms with Gasteiger partial charge in [0.05, 0.1) is 16.8 Å². The van der Waals surface area contributed by atoms with E-state index in [0.29, 0.717) is 0 Å². The number of hydrogen-bond acceptors (Lipinski definition) is 2. The number of anilines is 3. The number of hydrogen-bond donors (Lipinski definition) is 0. The maximum atomic E-state index is 2.52. The van der Waals surface area contributed by atoms with Crippen LogP contribution in [0.3, 0.4) is 0 Å². The van der Waals surface area contributed by atoms with E-state index in [2.05, 4.69) is 205 Å². The van der Waals surface area contributed by atoms with E-state index in [1.807, 2.05) is 11.3 Å². The van der Waals surface area contributed by atoms with Crippen molar-refractivity contribution in [1.29, 1.82) is 0 Å². The fourth-order valence-corrected chi connectivity index (χ4v) is 11.0. The molecule has 0 unspecified atom stereocenters. The van der Waals surface area contributed by atoms with Gasteiger partial charge in [-0.1, -0.05) is 164 Å². The minimum absolute atomic E-state index is 0.413. The number of fused-ring (bicyclic) bond motifs is 9. The Labute approximate surface area is 324 Å². The van der Waals surface area contributed by atoms with Crippen molar-refractivity contribution in [3.63, 3.8) is 0 Å². The molecule has 1 aromatic heterocycles. The predicted molar refractivity (Wildman–Crippen MR) is 233 cm³/mol. The predicted octanol–water partition coefficient (Wildman–Crippen LogP) is 14.7. The molecule has 0 radical (unpaired) electrons. The molecule has 2 aliphatic rings. The fraction of sp³-hybridized carbons (Fsp3) is 0.0189. The first-order chi connectivity index (χ1) is 27.3. The third-order valence-corrected chi connectivity index (χ3v) is 13.2. The molecule has 0 bridgehead atoms. The van der Waals surface area contributed by atoms with Gasteiger partial charge < -0.3 is 4.90 Å². The Balaban J connectivity index is 1.12. The molecule has 0 amide bonds. The highest BCUT2D eigenvalue weighted by Crippen LogP contribution is 2.59. The Kier molecular flexibility index (Phi) is 6.49. The van der Waals surface area contributed by atoms with Gasteiger partial charge in [-0.2, -0.15) is 0 Å². The van der Waals surface area contributed by atoms with Gasteiger partial charge >= 0.3 is 0 Å². The lowest BCUT2D eigenvalue weighted by Gasteiger charge is -2.35. The van der Waals surface area contributed by atoms with E-state index in [9.17, 15) is 0 Å². The van der Waals surface area contributed by atoms with Crippen molar-refractivity contribution in [1.82, 2.24) is 0 Å². The molecule has 256 valence electrons. The van der Waals surface area contributed by atoms with Crippen LogP contribution in [-0.2, 0) is 5.41 Å². The third kappa shape index (κ3) is 4.18. The molecule has 2 heterocycles. The van der Waals surface area contributed by atoms with E-state index in [0.717, 1.165) is 0 Å². The van der Waals surface area contributed by atoms with Gasteiger partial charge in [-0.3, -0.25) is 0 Å². The Morgan fingerprint density at radius 3 is 1.82 bits per heavy atom. The SMILES string of the molecule is c1ccc(N2c3cccc4c(-c5ccc6c(c5)-c5ccccc5C6(c5ccccc5)c5ccccc5)ccc(c34)-c3ccc4sc5ccccc5c4c32)cc1. The first-order valence-corrected chi connectivity index (χ1v) is 19.8. The van der Waals surface area contributed by atoms with Gasteiger partial charge in [0, 0.05) is 36.8 Å². The van der Waals surface area contributed by atoms with Crippen molar-refractivity contribution in [3.05, 3.63) is 222 Å².